The molecule has 0 aliphatic rings. The number of rotatable bonds is 9. The molecule has 0 radical (unpaired) electrons. The van der Waals surface area contributed by atoms with Crippen molar-refractivity contribution in [3.05, 3.63) is 89.6 Å². The largest absolute Gasteiger partial charge is 0.508 e. The molecule has 2 N–H and O–H groups in total. The van der Waals surface area contributed by atoms with Gasteiger partial charge in [-0.05, 0) is 59.7 Å². The van der Waals surface area contributed by atoms with Crippen LogP contribution in [-0.4, -0.2) is 32.2 Å². The van der Waals surface area contributed by atoms with Crippen LogP contribution in [0.1, 0.15) is 21.5 Å². The molecule has 0 heterocycles. The Labute approximate surface area is 187 Å². The molecule has 164 valence electrons. The third kappa shape index (κ3) is 5.70. The minimum atomic E-state index is -0.157. The highest BCUT2D eigenvalue weighted by atomic mass is 16.5. The number of allylic oxidation sites excluding steroid dienone is 1. The highest BCUT2D eigenvalue weighted by Gasteiger charge is 2.12. The monoisotopic (exact) mass is 431 g/mol. The summed E-state index contributed by atoms with van der Waals surface area (Å²) in [4.78, 5) is 12.2. The molecule has 32 heavy (non-hydrogen) atoms. The number of carbonyl (C=O) groups is 1. The van der Waals surface area contributed by atoms with Gasteiger partial charge in [-0.2, -0.15) is 0 Å². The molecule has 6 nitrogen and oxygen atoms in total. The molecule has 6 heteroatoms. The van der Waals surface area contributed by atoms with Gasteiger partial charge in [-0.15, -0.1) is 0 Å². The minimum absolute atomic E-state index is 0.125. The van der Waals surface area contributed by atoms with Crippen molar-refractivity contribution in [1.29, 1.82) is 0 Å². The number of hydrogen-bond acceptors (Lipinski definition) is 6. The van der Waals surface area contributed by atoms with Crippen LogP contribution in [0.15, 0.2) is 72.9 Å². The van der Waals surface area contributed by atoms with Crippen molar-refractivity contribution in [3.8, 4) is 23.0 Å². The third-order valence-electron chi connectivity index (χ3n) is 4.68. The first-order chi connectivity index (χ1) is 15.5. The van der Waals surface area contributed by atoms with E-state index in [1.165, 1.54) is 18.2 Å². The van der Waals surface area contributed by atoms with E-state index in [1.807, 2.05) is 48.6 Å². The van der Waals surface area contributed by atoms with Crippen molar-refractivity contribution < 1.29 is 24.1 Å². The number of carbonyl (C=O) groups excluding carboxylic acids is 1. The Kier molecular flexibility index (Phi) is 7.54. The maximum absolute atomic E-state index is 12.2. The fourth-order valence-corrected chi connectivity index (χ4v) is 3.06. The summed E-state index contributed by atoms with van der Waals surface area (Å²) >= 11 is 0. The number of anilines is 1. The molecule has 0 spiro atoms. The van der Waals surface area contributed by atoms with Crippen LogP contribution in [0.4, 0.5) is 5.69 Å². The number of ketones is 1. The summed E-state index contributed by atoms with van der Waals surface area (Å²) in [6.45, 7) is 0. The van der Waals surface area contributed by atoms with E-state index in [0.29, 0.717) is 22.8 Å². The first-order valence-electron chi connectivity index (χ1n) is 9.88. The fourth-order valence-electron chi connectivity index (χ4n) is 3.06. The SMILES string of the molecule is COc1cc(/C=C\c2cccc(N/C=C\C(=O)c3ccc(O)cc3)c2)cc(OC)c1OC. The zero-order valence-corrected chi connectivity index (χ0v) is 18.2. The molecule has 0 bridgehead atoms. The third-order valence-corrected chi connectivity index (χ3v) is 4.68. The van der Waals surface area contributed by atoms with E-state index in [0.717, 1.165) is 16.8 Å². The van der Waals surface area contributed by atoms with E-state index in [-0.39, 0.29) is 11.5 Å². The van der Waals surface area contributed by atoms with Crippen molar-refractivity contribution in [3.63, 3.8) is 0 Å². The number of hydrogen-bond donors (Lipinski definition) is 2. The lowest BCUT2D eigenvalue weighted by molar-refractivity contribution is 0.104. The molecule has 3 aromatic rings. The maximum Gasteiger partial charge on any atom is 0.203 e. The van der Waals surface area contributed by atoms with E-state index in [2.05, 4.69) is 5.32 Å². The van der Waals surface area contributed by atoms with Crippen LogP contribution in [0.5, 0.6) is 23.0 Å². The standard InChI is InChI=1S/C26H25NO5/c1-30-24-16-19(17-25(31-2)26(24)32-3)8-7-18-5-4-6-21(15-18)27-14-13-23(29)20-9-11-22(28)12-10-20/h4-17,27-28H,1-3H3/b8-7-,14-13-. The molecule has 3 aromatic carbocycles. The fraction of sp³-hybridized carbons (Fsp3) is 0.115. The van der Waals surface area contributed by atoms with Crippen molar-refractivity contribution in [2.75, 3.05) is 26.6 Å². The Morgan fingerprint density at radius 3 is 2.12 bits per heavy atom. The van der Waals surface area contributed by atoms with Crippen LogP contribution < -0.4 is 19.5 Å². The first-order valence-corrected chi connectivity index (χ1v) is 9.88. The molecule has 0 aliphatic carbocycles. The molecule has 0 saturated heterocycles. The highest BCUT2D eigenvalue weighted by Crippen LogP contribution is 2.38. The van der Waals surface area contributed by atoms with E-state index in [1.54, 1.807) is 39.7 Å². The van der Waals surface area contributed by atoms with E-state index < -0.39 is 0 Å². The van der Waals surface area contributed by atoms with E-state index in [9.17, 15) is 9.90 Å². The predicted octanol–water partition coefficient (Wildman–Crippen LogP) is 5.40. The summed E-state index contributed by atoms with van der Waals surface area (Å²) in [5.41, 5.74) is 3.22. The second kappa shape index (κ2) is 10.7. The Hall–Kier alpha value is -4.19. The van der Waals surface area contributed by atoms with Gasteiger partial charge in [0.05, 0.1) is 21.3 Å². The Bertz CT molecular complexity index is 1110. The lowest BCUT2D eigenvalue weighted by Crippen LogP contribution is -1.96. The van der Waals surface area contributed by atoms with Crippen LogP contribution >= 0.6 is 0 Å². The minimum Gasteiger partial charge on any atom is -0.508 e. The molecule has 0 amide bonds. The van der Waals surface area contributed by atoms with Gasteiger partial charge in [0, 0.05) is 23.5 Å². The van der Waals surface area contributed by atoms with Crippen molar-refractivity contribution in [2.45, 2.75) is 0 Å². The lowest BCUT2D eigenvalue weighted by Gasteiger charge is -2.12. The Morgan fingerprint density at radius 1 is 0.844 bits per heavy atom. The number of nitrogens with one attached hydrogen (secondary N) is 1. The number of ether oxygens (including phenoxy) is 3. The van der Waals surface area contributed by atoms with Gasteiger partial charge in [-0.1, -0.05) is 24.3 Å². The topological polar surface area (TPSA) is 77.0 Å². The Morgan fingerprint density at radius 2 is 1.50 bits per heavy atom. The van der Waals surface area contributed by atoms with Crippen molar-refractivity contribution in [2.24, 2.45) is 0 Å². The molecule has 0 aliphatic heterocycles. The number of phenols is 1. The average Bonchev–Trinajstić information content (AvgIpc) is 2.82. The van der Waals surface area contributed by atoms with Crippen LogP contribution in [0, 0.1) is 0 Å². The molecule has 0 aromatic heterocycles. The predicted molar refractivity (Wildman–Crippen MR) is 127 cm³/mol. The number of aromatic hydroxyl groups is 1. The quantitative estimate of drug-likeness (QED) is 0.268. The van der Waals surface area contributed by atoms with Gasteiger partial charge in [-0.25, -0.2) is 0 Å². The van der Waals surface area contributed by atoms with E-state index >= 15 is 0 Å². The molecular formula is C26H25NO5. The summed E-state index contributed by atoms with van der Waals surface area (Å²) in [7, 11) is 4.74. The molecule has 0 atom stereocenters. The van der Waals surface area contributed by atoms with Gasteiger partial charge >= 0.3 is 0 Å². The van der Waals surface area contributed by atoms with Crippen molar-refractivity contribution >= 4 is 23.6 Å². The van der Waals surface area contributed by atoms with Gasteiger partial charge in [0.15, 0.2) is 17.3 Å². The molecule has 0 unspecified atom stereocenters. The summed E-state index contributed by atoms with van der Waals surface area (Å²) in [6.07, 6.45) is 6.97. The summed E-state index contributed by atoms with van der Waals surface area (Å²) in [5, 5.41) is 12.4. The summed E-state index contributed by atoms with van der Waals surface area (Å²) in [6, 6.07) is 17.6. The number of methoxy groups -OCH3 is 3. The average molecular weight is 431 g/mol. The summed E-state index contributed by atoms with van der Waals surface area (Å²) < 4.78 is 16.1. The first kappa shape index (κ1) is 22.5. The highest BCUT2D eigenvalue weighted by molar-refractivity contribution is 6.04. The number of phenolic OH excluding ortho intramolecular Hbond substituents is 1. The smallest absolute Gasteiger partial charge is 0.203 e. The second-order valence-corrected chi connectivity index (χ2v) is 6.81. The van der Waals surface area contributed by atoms with Crippen LogP contribution in [0.25, 0.3) is 12.2 Å². The zero-order valence-electron chi connectivity index (χ0n) is 18.2. The summed E-state index contributed by atoms with van der Waals surface area (Å²) in [5.74, 6) is 1.69. The molecule has 3 rings (SSSR count). The molecule has 0 fully saturated rings. The van der Waals surface area contributed by atoms with Gasteiger partial charge < -0.3 is 24.6 Å². The van der Waals surface area contributed by atoms with Crippen LogP contribution in [0.3, 0.4) is 0 Å². The lowest BCUT2D eigenvalue weighted by atomic mass is 10.1. The number of benzene rings is 3. The van der Waals surface area contributed by atoms with E-state index in [4.69, 9.17) is 14.2 Å². The van der Waals surface area contributed by atoms with Gasteiger partial charge in [0.1, 0.15) is 5.75 Å². The van der Waals surface area contributed by atoms with Gasteiger partial charge in [0.2, 0.25) is 5.75 Å². The van der Waals surface area contributed by atoms with Gasteiger partial charge in [-0.3, -0.25) is 4.79 Å². The van der Waals surface area contributed by atoms with Crippen molar-refractivity contribution in [1.82, 2.24) is 0 Å². The normalized spacial score (nSPS) is 11.0. The Balaban J connectivity index is 1.70. The van der Waals surface area contributed by atoms with Crippen LogP contribution in [-0.2, 0) is 0 Å². The van der Waals surface area contributed by atoms with Gasteiger partial charge in [0.25, 0.3) is 0 Å². The molecule has 0 saturated carbocycles. The second-order valence-electron chi connectivity index (χ2n) is 6.81. The molecular weight excluding hydrogens is 406 g/mol. The zero-order chi connectivity index (χ0) is 22.9. The van der Waals surface area contributed by atoms with Crippen LogP contribution in [0.2, 0.25) is 0 Å². The maximum atomic E-state index is 12.2.